The molecular weight excluding hydrogens is 487 g/mol. The van der Waals surface area contributed by atoms with Crippen LogP contribution in [0.3, 0.4) is 0 Å². The molecule has 0 amide bonds. The molecule has 0 unspecified atom stereocenters. The molecule has 0 aliphatic rings. The van der Waals surface area contributed by atoms with E-state index in [1.54, 1.807) is 0 Å². The zero-order chi connectivity index (χ0) is 25.6. The van der Waals surface area contributed by atoms with Crippen molar-refractivity contribution in [2.45, 2.75) is 35.9 Å². The second-order valence-electron chi connectivity index (χ2n) is 5.95. The van der Waals surface area contributed by atoms with E-state index < -0.39 is 66.2 Å². The van der Waals surface area contributed by atoms with Crippen LogP contribution >= 0.6 is 0 Å². The van der Waals surface area contributed by atoms with E-state index in [0.717, 1.165) is 0 Å². The summed E-state index contributed by atoms with van der Waals surface area (Å²) in [5.41, 5.74) is -15.6. The molecule has 18 heteroatoms. The molecule has 0 aromatic heterocycles. The standard InChI is InChI=1S/C14H11BF12O5/c1-30-9(11(16,17)18,12(19,20)21)6-3-7(5-8(4-6)32-15(28)29)10(31-2,13(22,23)24)14(25,26)27/h3-5,28-29H,1-2H3. The Kier molecular flexibility index (Phi) is 7.43. The molecule has 0 heterocycles. The van der Waals surface area contributed by atoms with Crippen molar-refractivity contribution in [3.8, 4) is 5.75 Å². The second kappa shape index (κ2) is 8.46. The van der Waals surface area contributed by atoms with E-state index in [4.69, 9.17) is 10.0 Å². The summed E-state index contributed by atoms with van der Waals surface area (Å²) in [5.74, 6) is -1.64. The summed E-state index contributed by atoms with van der Waals surface area (Å²) < 4.78 is 173. The van der Waals surface area contributed by atoms with E-state index in [1.165, 1.54) is 0 Å². The number of methoxy groups -OCH3 is 2. The van der Waals surface area contributed by atoms with E-state index in [9.17, 15) is 52.7 Å². The van der Waals surface area contributed by atoms with Gasteiger partial charge in [-0.15, -0.1) is 0 Å². The maximum absolute atomic E-state index is 13.5. The molecule has 0 radical (unpaired) electrons. The Labute approximate surface area is 170 Å². The summed E-state index contributed by atoms with van der Waals surface area (Å²) in [5, 5.41) is 17.5. The lowest BCUT2D eigenvalue weighted by Crippen LogP contribution is -2.57. The van der Waals surface area contributed by atoms with Crippen LogP contribution in [-0.2, 0) is 20.7 Å². The maximum atomic E-state index is 13.5. The lowest BCUT2D eigenvalue weighted by molar-refractivity contribution is -0.385. The number of rotatable bonds is 6. The molecule has 0 atom stereocenters. The summed E-state index contributed by atoms with van der Waals surface area (Å²) >= 11 is 0. The minimum Gasteiger partial charge on any atom is -0.512 e. The molecule has 0 aliphatic carbocycles. The lowest BCUT2D eigenvalue weighted by Gasteiger charge is -2.39. The number of benzene rings is 1. The SMILES string of the molecule is COC(c1cc(OB(O)O)cc(C(OC)(C(F)(F)F)C(F)(F)F)c1)(C(F)(F)F)C(F)(F)F. The van der Waals surface area contributed by atoms with Crippen LogP contribution in [0.2, 0.25) is 0 Å². The molecule has 0 bridgehead atoms. The van der Waals surface area contributed by atoms with Gasteiger partial charge in [0.1, 0.15) is 5.75 Å². The van der Waals surface area contributed by atoms with Gasteiger partial charge in [0.05, 0.1) is 0 Å². The van der Waals surface area contributed by atoms with Gasteiger partial charge in [-0.25, -0.2) is 0 Å². The van der Waals surface area contributed by atoms with Crippen molar-refractivity contribution in [3.63, 3.8) is 0 Å². The number of hydrogen-bond acceptors (Lipinski definition) is 5. The Balaban J connectivity index is 4.23. The quantitative estimate of drug-likeness (QED) is 0.460. The molecule has 0 spiro atoms. The van der Waals surface area contributed by atoms with E-state index in [0.29, 0.717) is 0 Å². The summed E-state index contributed by atoms with van der Waals surface area (Å²) in [7, 11) is -3.35. The summed E-state index contributed by atoms with van der Waals surface area (Å²) in [6.45, 7) is 0. The van der Waals surface area contributed by atoms with Crippen molar-refractivity contribution < 1.29 is 76.9 Å². The minimum absolute atomic E-state index is 0.147. The predicted octanol–water partition coefficient (Wildman–Crippen LogP) is 3.97. The first-order valence-electron chi connectivity index (χ1n) is 7.68. The predicted molar refractivity (Wildman–Crippen MR) is 78.9 cm³/mol. The normalized spacial score (nSPS) is 14.5. The van der Waals surface area contributed by atoms with Gasteiger partial charge in [0.25, 0.3) is 11.2 Å². The molecule has 0 saturated heterocycles. The Morgan fingerprint density at radius 3 is 1.06 bits per heavy atom. The van der Waals surface area contributed by atoms with Crippen LogP contribution in [0.25, 0.3) is 0 Å². The first-order valence-corrected chi connectivity index (χ1v) is 7.68. The fraction of sp³-hybridized carbons (Fsp3) is 0.571. The highest BCUT2D eigenvalue weighted by molar-refractivity contribution is 6.33. The highest BCUT2D eigenvalue weighted by Crippen LogP contribution is 2.57. The molecule has 5 nitrogen and oxygen atoms in total. The van der Waals surface area contributed by atoms with Crippen molar-refractivity contribution in [1.29, 1.82) is 0 Å². The van der Waals surface area contributed by atoms with Gasteiger partial charge in [-0.1, -0.05) is 0 Å². The smallest absolute Gasteiger partial charge is 0.512 e. The topological polar surface area (TPSA) is 68.2 Å². The van der Waals surface area contributed by atoms with Crippen molar-refractivity contribution >= 4 is 7.32 Å². The Hall–Kier alpha value is -1.92. The Morgan fingerprint density at radius 2 is 0.875 bits per heavy atom. The number of hydrogen-bond donors (Lipinski definition) is 2. The highest BCUT2D eigenvalue weighted by Gasteiger charge is 2.75. The fourth-order valence-corrected chi connectivity index (χ4v) is 2.87. The molecule has 1 aromatic rings. The van der Waals surface area contributed by atoms with Crippen molar-refractivity contribution in [2.24, 2.45) is 0 Å². The van der Waals surface area contributed by atoms with Gasteiger partial charge < -0.3 is 24.2 Å². The number of alkyl halides is 12. The largest absolute Gasteiger partial charge is 0.707 e. The van der Waals surface area contributed by atoms with Crippen LogP contribution in [0.5, 0.6) is 5.75 Å². The summed E-state index contributed by atoms with van der Waals surface area (Å²) in [6.07, 6.45) is -25.9. The fourth-order valence-electron chi connectivity index (χ4n) is 2.87. The molecule has 0 saturated carbocycles. The van der Waals surface area contributed by atoms with Gasteiger partial charge >= 0.3 is 32.0 Å². The van der Waals surface area contributed by atoms with Crippen molar-refractivity contribution in [3.05, 3.63) is 29.3 Å². The molecule has 1 rings (SSSR count). The van der Waals surface area contributed by atoms with Gasteiger partial charge in [-0.3, -0.25) is 0 Å². The van der Waals surface area contributed by atoms with Gasteiger partial charge in [-0.2, -0.15) is 52.7 Å². The first kappa shape index (κ1) is 28.1. The third-order valence-electron chi connectivity index (χ3n) is 4.17. The van der Waals surface area contributed by atoms with Crippen molar-refractivity contribution in [2.75, 3.05) is 14.2 Å². The zero-order valence-electron chi connectivity index (χ0n) is 15.5. The Bertz CT molecular complexity index is 713. The van der Waals surface area contributed by atoms with Crippen LogP contribution in [0.1, 0.15) is 11.1 Å². The van der Waals surface area contributed by atoms with Crippen LogP contribution in [0.15, 0.2) is 18.2 Å². The molecule has 0 fully saturated rings. The average Bonchev–Trinajstić information content (AvgIpc) is 2.50. The van der Waals surface area contributed by atoms with E-state index in [-0.39, 0.29) is 26.4 Å². The average molecular weight is 498 g/mol. The van der Waals surface area contributed by atoms with E-state index >= 15 is 0 Å². The third kappa shape index (κ3) is 4.44. The van der Waals surface area contributed by atoms with Gasteiger partial charge in [0, 0.05) is 25.3 Å². The molecule has 0 aliphatic heterocycles. The zero-order valence-corrected chi connectivity index (χ0v) is 15.5. The molecule has 2 N–H and O–H groups in total. The third-order valence-corrected chi connectivity index (χ3v) is 4.17. The summed E-state index contributed by atoms with van der Waals surface area (Å²) in [6, 6.07) is -1.37. The second-order valence-corrected chi connectivity index (χ2v) is 5.95. The van der Waals surface area contributed by atoms with E-state index in [2.05, 4.69) is 14.1 Å². The van der Waals surface area contributed by atoms with Gasteiger partial charge in [0.15, 0.2) is 0 Å². The molecule has 1 aromatic carbocycles. The first-order chi connectivity index (χ1) is 14.1. The van der Waals surface area contributed by atoms with Crippen LogP contribution in [0.4, 0.5) is 52.7 Å². The summed E-state index contributed by atoms with van der Waals surface area (Å²) in [4.78, 5) is 0. The molecule has 184 valence electrons. The van der Waals surface area contributed by atoms with Crippen LogP contribution in [-0.4, -0.2) is 56.3 Å². The minimum atomic E-state index is -6.47. The molecule has 32 heavy (non-hydrogen) atoms. The number of halogens is 12. The molecular formula is C14H11BF12O5. The van der Waals surface area contributed by atoms with Crippen LogP contribution < -0.4 is 4.65 Å². The van der Waals surface area contributed by atoms with Gasteiger partial charge in [0.2, 0.25) is 0 Å². The number of ether oxygens (including phenoxy) is 2. The van der Waals surface area contributed by atoms with Crippen molar-refractivity contribution in [1.82, 2.24) is 0 Å². The monoisotopic (exact) mass is 498 g/mol. The Morgan fingerprint density at radius 1 is 0.594 bits per heavy atom. The van der Waals surface area contributed by atoms with Gasteiger partial charge in [-0.05, 0) is 18.2 Å². The highest BCUT2D eigenvalue weighted by atomic mass is 19.4. The van der Waals surface area contributed by atoms with Crippen LogP contribution in [0, 0.1) is 0 Å². The lowest BCUT2D eigenvalue weighted by atomic mass is 9.84. The maximum Gasteiger partial charge on any atom is 0.707 e. The van der Waals surface area contributed by atoms with E-state index in [1.807, 2.05) is 0 Å².